The van der Waals surface area contributed by atoms with Crippen molar-refractivity contribution in [2.45, 2.75) is 0 Å². The third kappa shape index (κ3) is 5.35. The van der Waals surface area contributed by atoms with Crippen molar-refractivity contribution in [2.24, 2.45) is 0 Å². The summed E-state index contributed by atoms with van der Waals surface area (Å²) in [5.41, 5.74) is 6.62. The smallest absolute Gasteiger partial charge is 0.0999 e. The van der Waals surface area contributed by atoms with Crippen molar-refractivity contribution in [3.05, 3.63) is 162 Å². The highest BCUT2D eigenvalue weighted by Crippen LogP contribution is 2.47. The van der Waals surface area contributed by atoms with Crippen molar-refractivity contribution < 1.29 is 0 Å². The number of hydrogen-bond acceptors (Lipinski definition) is 6. The van der Waals surface area contributed by atoms with E-state index in [9.17, 15) is 0 Å². The Kier molecular flexibility index (Phi) is 7.57. The molecule has 6 heteroatoms. The van der Waals surface area contributed by atoms with Gasteiger partial charge in [0.25, 0.3) is 0 Å². The monoisotopic (exact) mass is 597 g/mol. The lowest BCUT2D eigenvalue weighted by atomic mass is 10.1. The molecule has 0 unspecified atom stereocenters. The second-order valence-electron chi connectivity index (χ2n) is 9.57. The molecule has 0 aliphatic heterocycles. The Bertz CT molecular complexity index is 1590. The Morgan fingerprint density at radius 2 is 0.571 bits per heavy atom. The minimum Gasteiger partial charge on any atom is -0.302 e. The van der Waals surface area contributed by atoms with Gasteiger partial charge in [0.15, 0.2) is 0 Å². The van der Waals surface area contributed by atoms with Gasteiger partial charge >= 0.3 is 0 Å². The molecule has 4 aromatic carbocycles. The maximum Gasteiger partial charge on any atom is 0.0999 e. The highest BCUT2D eigenvalue weighted by Gasteiger charge is 2.22. The standard InChI is InChI=1S/C36H27N3S3/c1-4-13-28(14-5-1)37(34-19-10-22-40-34)31-25-32(38(35-20-11-23-41-35)29-15-6-2-7-16-29)27-33(26-31)39(36-21-12-24-42-36)30-17-8-3-9-18-30/h1-27H. The molecule has 0 radical (unpaired) electrons. The van der Waals surface area contributed by atoms with Crippen molar-refractivity contribution in [1.29, 1.82) is 0 Å². The largest absolute Gasteiger partial charge is 0.302 e. The minimum atomic E-state index is 1.09. The predicted octanol–water partition coefficient (Wildman–Crippen LogP) is 12.3. The summed E-state index contributed by atoms with van der Waals surface area (Å²) in [7, 11) is 0. The zero-order valence-electron chi connectivity index (χ0n) is 22.7. The van der Waals surface area contributed by atoms with Crippen LogP contribution in [0.2, 0.25) is 0 Å². The molecule has 0 atom stereocenters. The third-order valence-corrected chi connectivity index (χ3v) is 9.44. The summed E-state index contributed by atoms with van der Waals surface area (Å²) < 4.78 is 0. The van der Waals surface area contributed by atoms with E-state index in [0.29, 0.717) is 0 Å². The first-order valence-corrected chi connectivity index (χ1v) is 16.3. The first-order valence-electron chi connectivity index (χ1n) is 13.7. The molecule has 0 amide bonds. The SMILES string of the molecule is c1ccc(N(c2cc(N(c3ccccc3)c3cccs3)cc(N(c3ccccc3)c3cccs3)c2)c2cccs2)cc1. The lowest BCUT2D eigenvalue weighted by molar-refractivity contribution is 1.25. The molecular weight excluding hydrogens is 571 g/mol. The van der Waals surface area contributed by atoms with Gasteiger partial charge in [0, 0.05) is 17.1 Å². The molecule has 0 saturated carbocycles. The van der Waals surface area contributed by atoms with Crippen molar-refractivity contribution in [3.63, 3.8) is 0 Å². The normalized spacial score (nSPS) is 10.9. The first-order chi connectivity index (χ1) is 20.8. The summed E-state index contributed by atoms with van der Waals surface area (Å²) in [6.07, 6.45) is 0. The van der Waals surface area contributed by atoms with E-state index in [1.165, 1.54) is 0 Å². The number of hydrogen-bond donors (Lipinski definition) is 0. The summed E-state index contributed by atoms with van der Waals surface area (Å²) in [6.45, 7) is 0. The highest BCUT2D eigenvalue weighted by atomic mass is 32.1. The van der Waals surface area contributed by atoms with Gasteiger partial charge in [-0.2, -0.15) is 0 Å². The number of para-hydroxylation sites is 3. The van der Waals surface area contributed by atoms with E-state index in [4.69, 9.17) is 0 Å². The first kappa shape index (κ1) is 26.3. The van der Waals surface area contributed by atoms with Gasteiger partial charge in [-0.05, 0) is 107 Å². The van der Waals surface area contributed by atoms with Crippen molar-refractivity contribution >= 4 is 83.1 Å². The van der Waals surface area contributed by atoms with E-state index in [1.54, 1.807) is 34.0 Å². The van der Waals surface area contributed by atoms with Crippen LogP contribution >= 0.6 is 34.0 Å². The van der Waals surface area contributed by atoms with E-state index >= 15 is 0 Å². The van der Waals surface area contributed by atoms with E-state index in [1.807, 2.05) is 0 Å². The average molecular weight is 598 g/mol. The van der Waals surface area contributed by atoms with Crippen LogP contribution in [0.3, 0.4) is 0 Å². The van der Waals surface area contributed by atoms with Gasteiger partial charge in [0.2, 0.25) is 0 Å². The van der Waals surface area contributed by atoms with Gasteiger partial charge < -0.3 is 14.7 Å². The van der Waals surface area contributed by atoms with E-state index < -0.39 is 0 Å². The van der Waals surface area contributed by atoms with E-state index in [-0.39, 0.29) is 0 Å². The van der Waals surface area contributed by atoms with Crippen LogP contribution in [0.4, 0.5) is 49.1 Å². The van der Waals surface area contributed by atoms with Gasteiger partial charge in [-0.15, -0.1) is 34.0 Å². The Balaban J connectivity index is 1.50. The molecule has 7 aromatic rings. The minimum absolute atomic E-state index is 1.09. The molecule has 3 nitrogen and oxygen atoms in total. The Morgan fingerprint density at radius 1 is 0.286 bits per heavy atom. The number of thiophene rings is 3. The number of benzene rings is 4. The third-order valence-electron chi connectivity index (χ3n) is 6.88. The molecule has 0 bridgehead atoms. The molecule has 204 valence electrons. The highest BCUT2D eigenvalue weighted by molar-refractivity contribution is 7.15. The molecule has 3 heterocycles. The molecular formula is C36H27N3S3. The molecule has 7 rings (SSSR count). The van der Waals surface area contributed by atoms with Gasteiger partial charge in [-0.1, -0.05) is 54.6 Å². The molecule has 0 spiro atoms. The zero-order chi connectivity index (χ0) is 28.1. The summed E-state index contributed by atoms with van der Waals surface area (Å²) in [6, 6.07) is 51.7. The summed E-state index contributed by atoms with van der Waals surface area (Å²) in [4.78, 5) is 7.06. The lowest BCUT2D eigenvalue weighted by Gasteiger charge is -2.31. The summed E-state index contributed by atoms with van der Waals surface area (Å²) >= 11 is 5.22. The summed E-state index contributed by atoms with van der Waals surface area (Å²) in [5, 5.41) is 9.90. The maximum absolute atomic E-state index is 2.35. The van der Waals surface area contributed by atoms with E-state index in [0.717, 1.165) is 49.1 Å². The van der Waals surface area contributed by atoms with Crippen LogP contribution in [-0.4, -0.2) is 0 Å². The fourth-order valence-electron chi connectivity index (χ4n) is 5.10. The quantitative estimate of drug-likeness (QED) is 0.164. The maximum atomic E-state index is 2.35. The fourth-order valence-corrected chi connectivity index (χ4v) is 7.41. The van der Waals surface area contributed by atoms with Gasteiger partial charge in [0.05, 0.1) is 32.1 Å². The molecule has 3 aromatic heterocycles. The van der Waals surface area contributed by atoms with Crippen LogP contribution in [0, 0.1) is 0 Å². The zero-order valence-corrected chi connectivity index (χ0v) is 25.1. The number of anilines is 9. The van der Waals surface area contributed by atoms with Crippen LogP contribution in [0.5, 0.6) is 0 Å². The van der Waals surface area contributed by atoms with E-state index in [2.05, 4.69) is 176 Å². The van der Waals surface area contributed by atoms with Crippen LogP contribution < -0.4 is 14.7 Å². The van der Waals surface area contributed by atoms with Crippen LogP contribution in [0.1, 0.15) is 0 Å². The van der Waals surface area contributed by atoms with Crippen molar-refractivity contribution in [2.75, 3.05) is 14.7 Å². The second kappa shape index (κ2) is 12.1. The fraction of sp³-hybridized carbons (Fsp3) is 0. The Morgan fingerprint density at radius 3 is 0.810 bits per heavy atom. The molecule has 42 heavy (non-hydrogen) atoms. The average Bonchev–Trinajstić information content (AvgIpc) is 3.85. The molecule has 0 saturated heterocycles. The molecule has 0 aliphatic rings. The Labute approximate surface area is 258 Å². The van der Waals surface area contributed by atoms with Crippen LogP contribution in [0.25, 0.3) is 0 Å². The predicted molar refractivity (Wildman–Crippen MR) is 184 cm³/mol. The van der Waals surface area contributed by atoms with Crippen LogP contribution in [0.15, 0.2) is 162 Å². The lowest BCUT2D eigenvalue weighted by Crippen LogP contribution is -2.15. The van der Waals surface area contributed by atoms with Crippen molar-refractivity contribution in [1.82, 2.24) is 0 Å². The van der Waals surface area contributed by atoms with Crippen LogP contribution in [-0.2, 0) is 0 Å². The molecule has 0 fully saturated rings. The van der Waals surface area contributed by atoms with Gasteiger partial charge in [0.1, 0.15) is 0 Å². The summed E-state index contributed by atoms with van der Waals surface area (Å²) in [5.74, 6) is 0. The Hall–Kier alpha value is -4.62. The molecule has 0 N–H and O–H groups in total. The second-order valence-corrected chi connectivity index (χ2v) is 12.4. The molecule has 0 aliphatic carbocycles. The number of rotatable bonds is 9. The van der Waals surface area contributed by atoms with Gasteiger partial charge in [-0.3, -0.25) is 0 Å². The number of nitrogens with zero attached hydrogens (tertiary/aromatic N) is 3. The van der Waals surface area contributed by atoms with Gasteiger partial charge in [-0.25, -0.2) is 0 Å². The van der Waals surface area contributed by atoms with Crippen molar-refractivity contribution in [3.8, 4) is 0 Å². The topological polar surface area (TPSA) is 9.72 Å².